The van der Waals surface area contributed by atoms with Crippen LogP contribution in [-0.2, 0) is 12.8 Å². The van der Waals surface area contributed by atoms with Crippen LogP contribution in [0.5, 0.6) is 5.75 Å². The lowest BCUT2D eigenvalue weighted by Gasteiger charge is -2.17. The second kappa shape index (κ2) is 6.78. The number of phenols is 1. The molecule has 1 aliphatic carbocycles. The molecule has 0 heterocycles. The van der Waals surface area contributed by atoms with Crippen LogP contribution in [0.2, 0.25) is 0 Å². The number of rotatable bonds is 4. The summed E-state index contributed by atoms with van der Waals surface area (Å²) in [4.78, 5) is 2.21. The summed E-state index contributed by atoms with van der Waals surface area (Å²) in [6.07, 6.45) is 5.02. The van der Waals surface area contributed by atoms with Crippen LogP contribution < -0.4 is 0 Å². The smallest absolute Gasteiger partial charge is 0.133 e. The lowest BCUT2D eigenvalue weighted by molar-refractivity contribution is 0.331. The monoisotopic (exact) mass is 293 g/mol. The lowest BCUT2D eigenvalue weighted by atomic mass is 9.93. The maximum absolute atomic E-state index is 14.7. The third kappa shape index (κ3) is 3.76. The fourth-order valence-electron chi connectivity index (χ4n) is 3.37. The minimum atomic E-state index is -0.159. The molecule has 0 radical (unpaired) electrons. The Hall–Kier alpha value is -1.09. The van der Waals surface area contributed by atoms with Crippen LogP contribution in [0.1, 0.15) is 55.7 Å². The van der Waals surface area contributed by atoms with Crippen molar-refractivity contribution in [3.05, 3.63) is 28.6 Å². The van der Waals surface area contributed by atoms with Gasteiger partial charge in [0, 0.05) is 5.56 Å². The van der Waals surface area contributed by atoms with Crippen molar-refractivity contribution in [3.8, 4) is 5.75 Å². The highest BCUT2D eigenvalue weighted by Crippen LogP contribution is 2.36. The molecule has 0 saturated heterocycles. The van der Waals surface area contributed by atoms with Crippen molar-refractivity contribution in [3.63, 3.8) is 0 Å². The maximum Gasteiger partial charge on any atom is 0.133 e. The van der Waals surface area contributed by atoms with Crippen molar-refractivity contribution in [2.45, 2.75) is 51.9 Å². The highest BCUT2D eigenvalue weighted by molar-refractivity contribution is 5.45. The van der Waals surface area contributed by atoms with Crippen molar-refractivity contribution in [1.29, 1.82) is 0 Å². The molecule has 2 nitrogen and oxygen atoms in total. The fraction of sp³-hybridized carbons (Fsp3) is 0.667. The van der Waals surface area contributed by atoms with Crippen molar-refractivity contribution in [2.24, 2.45) is 5.92 Å². The highest BCUT2D eigenvalue weighted by Gasteiger charge is 2.24. The minimum Gasteiger partial charge on any atom is -0.508 e. The summed E-state index contributed by atoms with van der Waals surface area (Å²) in [6.45, 7) is 4.95. The van der Waals surface area contributed by atoms with Crippen LogP contribution in [0.3, 0.4) is 0 Å². The Bertz CT molecular complexity index is 496. The largest absolute Gasteiger partial charge is 0.508 e. The third-order valence-corrected chi connectivity index (χ3v) is 4.66. The summed E-state index contributed by atoms with van der Waals surface area (Å²) in [5, 5.41) is 10.1. The molecule has 0 saturated carbocycles. The van der Waals surface area contributed by atoms with Gasteiger partial charge in [-0.25, -0.2) is 4.39 Å². The quantitative estimate of drug-likeness (QED) is 0.845. The number of hydrogen-bond acceptors (Lipinski definition) is 2. The summed E-state index contributed by atoms with van der Waals surface area (Å²) in [5.41, 5.74) is 2.35. The molecule has 1 aromatic rings. The Morgan fingerprint density at radius 2 is 1.95 bits per heavy atom. The molecule has 1 N–H and O–H groups in total. The predicted molar refractivity (Wildman–Crippen MR) is 85.5 cm³/mol. The van der Waals surface area contributed by atoms with E-state index >= 15 is 0 Å². The summed E-state index contributed by atoms with van der Waals surface area (Å²) in [6, 6.07) is 1.81. The Kier molecular flexibility index (Phi) is 5.26. The van der Waals surface area contributed by atoms with Crippen molar-refractivity contribution >= 4 is 0 Å². The molecule has 118 valence electrons. The van der Waals surface area contributed by atoms with E-state index in [2.05, 4.69) is 19.0 Å². The number of fused-ring (bicyclic) bond motifs is 1. The molecule has 0 spiro atoms. The number of hydrogen-bond donors (Lipinski definition) is 1. The Balaban J connectivity index is 2.19. The second-order valence-electron chi connectivity index (χ2n) is 6.95. The van der Waals surface area contributed by atoms with E-state index in [1.54, 1.807) is 0 Å². The van der Waals surface area contributed by atoms with Gasteiger partial charge in [-0.3, -0.25) is 0 Å². The van der Waals surface area contributed by atoms with Gasteiger partial charge >= 0.3 is 0 Å². The van der Waals surface area contributed by atoms with E-state index in [1.807, 2.05) is 19.9 Å². The van der Waals surface area contributed by atoms with E-state index in [0.29, 0.717) is 11.5 Å². The number of halogens is 1. The SMILES string of the molecule is CC(C)c1c(O)cc2c(c1F)CCC(CCN(C)C)CC2. The molecule has 2 rings (SSSR count). The average molecular weight is 293 g/mol. The maximum atomic E-state index is 14.7. The zero-order valence-electron chi connectivity index (χ0n) is 13.7. The first-order chi connectivity index (χ1) is 9.90. The van der Waals surface area contributed by atoms with Crippen molar-refractivity contribution in [1.82, 2.24) is 4.90 Å². The Morgan fingerprint density at radius 3 is 2.57 bits per heavy atom. The van der Waals surface area contributed by atoms with Crippen LogP contribution in [0, 0.1) is 11.7 Å². The molecule has 21 heavy (non-hydrogen) atoms. The first kappa shape index (κ1) is 16.3. The van der Waals surface area contributed by atoms with Gasteiger partial charge in [-0.05, 0) is 81.8 Å². The number of nitrogens with zero attached hydrogens (tertiary/aromatic N) is 1. The van der Waals surface area contributed by atoms with Crippen LogP contribution >= 0.6 is 0 Å². The van der Waals surface area contributed by atoms with Crippen molar-refractivity contribution < 1.29 is 9.50 Å². The van der Waals surface area contributed by atoms with E-state index in [4.69, 9.17) is 0 Å². The van der Waals surface area contributed by atoms with Crippen LogP contribution in [0.15, 0.2) is 6.07 Å². The van der Waals surface area contributed by atoms with Crippen LogP contribution in [0.4, 0.5) is 4.39 Å². The van der Waals surface area contributed by atoms with Crippen LogP contribution in [-0.4, -0.2) is 30.6 Å². The molecular weight excluding hydrogens is 265 g/mol. The molecule has 3 heteroatoms. The Morgan fingerprint density at radius 1 is 1.29 bits per heavy atom. The molecule has 1 unspecified atom stereocenters. The summed E-state index contributed by atoms with van der Waals surface area (Å²) in [5.74, 6) is 0.646. The topological polar surface area (TPSA) is 23.5 Å². The van der Waals surface area contributed by atoms with E-state index in [-0.39, 0.29) is 17.5 Å². The first-order valence-corrected chi connectivity index (χ1v) is 8.08. The molecule has 1 aromatic carbocycles. The lowest BCUT2D eigenvalue weighted by Crippen LogP contribution is -2.16. The van der Waals surface area contributed by atoms with Gasteiger partial charge < -0.3 is 10.0 Å². The number of phenolic OH excluding ortho intramolecular Hbond substituents is 1. The zero-order valence-corrected chi connectivity index (χ0v) is 13.7. The number of aryl methyl sites for hydroxylation is 1. The molecule has 0 amide bonds. The van der Waals surface area contributed by atoms with Crippen LogP contribution in [0.25, 0.3) is 0 Å². The number of benzene rings is 1. The summed E-state index contributed by atoms with van der Waals surface area (Å²) in [7, 11) is 4.19. The molecular formula is C18H28FNO. The molecule has 0 aliphatic heterocycles. The van der Waals surface area contributed by atoms with Gasteiger partial charge in [0.05, 0.1) is 0 Å². The molecule has 0 aromatic heterocycles. The molecule has 0 fully saturated rings. The standard InChI is InChI=1S/C18H28FNO/c1-12(2)17-16(21)11-14-7-5-13(9-10-20(3)4)6-8-15(14)18(17)19/h11-13,21H,5-10H2,1-4H3. The van der Waals surface area contributed by atoms with Gasteiger partial charge in [-0.2, -0.15) is 0 Å². The van der Waals surface area contributed by atoms with Gasteiger partial charge in [0.2, 0.25) is 0 Å². The minimum absolute atomic E-state index is 0.0168. The van der Waals surface area contributed by atoms with E-state index in [1.165, 1.54) is 6.42 Å². The molecule has 0 bridgehead atoms. The summed E-state index contributed by atoms with van der Waals surface area (Å²) >= 11 is 0. The highest BCUT2D eigenvalue weighted by atomic mass is 19.1. The second-order valence-corrected chi connectivity index (χ2v) is 6.95. The van der Waals surface area contributed by atoms with E-state index in [9.17, 15) is 9.50 Å². The normalized spacial score (nSPS) is 18.9. The van der Waals surface area contributed by atoms with Gasteiger partial charge in [-0.15, -0.1) is 0 Å². The van der Waals surface area contributed by atoms with E-state index < -0.39 is 0 Å². The van der Waals surface area contributed by atoms with Gasteiger partial charge in [0.25, 0.3) is 0 Å². The zero-order chi connectivity index (χ0) is 15.6. The summed E-state index contributed by atoms with van der Waals surface area (Å²) < 4.78 is 14.7. The predicted octanol–water partition coefficient (Wildman–Crippen LogP) is 4.10. The van der Waals surface area contributed by atoms with Gasteiger partial charge in [0.15, 0.2) is 0 Å². The average Bonchev–Trinajstić information content (AvgIpc) is 2.58. The Labute approximate surface area is 128 Å². The first-order valence-electron chi connectivity index (χ1n) is 8.08. The number of aromatic hydroxyl groups is 1. The van der Waals surface area contributed by atoms with E-state index in [0.717, 1.165) is 43.4 Å². The fourth-order valence-corrected chi connectivity index (χ4v) is 3.37. The van der Waals surface area contributed by atoms with Gasteiger partial charge in [-0.1, -0.05) is 13.8 Å². The van der Waals surface area contributed by atoms with Gasteiger partial charge in [0.1, 0.15) is 11.6 Å². The van der Waals surface area contributed by atoms with Crippen molar-refractivity contribution in [2.75, 3.05) is 20.6 Å². The molecule has 1 atom stereocenters. The molecule has 1 aliphatic rings. The third-order valence-electron chi connectivity index (χ3n) is 4.66.